The highest BCUT2D eigenvalue weighted by atomic mass is 16.3. The molecule has 3 heteroatoms. The monoisotopic (exact) mass is 176 g/mol. The largest absolute Gasteiger partial charge is 0.459 e. The van der Waals surface area contributed by atoms with Crippen LogP contribution in [-0.2, 0) is 6.42 Å². The molecule has 13 heavy (non-hydrogen) atoms. The molecule has 1 heterocycles. The highest BCUT2D eigenvalue weighted by Gasteiger charge is 2.05. The summed E-state index contributed by atoms with van der Waals surface area (Å²) in [4.78, 5) is 0. The molecule has 0 atom stereocenters. The van der Waals surface area contributed by atoms with Gasteiger partial charge in [0, 0.05) is 17.5 Å². The summed E-state index contributed by atoms with van der Waals surface area (Å²) in [7, 11) is 0. The van der Waals surface area contributed by atoms with Gasteiger partial charge in [0.15, 0.2) is 5.58 Å². The number of aryl methyl sites for hydroxylation is 1. The fourth-order valence-electron chi connectivity index (χ4n) is 1.43. The van der Waals surface area contributed by atoms with Gasteiger partial charge >= 0.3 is 0 Å². The van der Waals surface area contributed by atoms with Crippen molar-refractivity contribution >= 4 is 22.3 Å². The average Bonchev–Trinajstić information content (AvgIpc) is 2.47. The number of anilines is 2. The minimum atomic E-state index is 0.606. The van der Waals surface area contributed by atoms with Gasteiger partial charge in [0.2, 0.25) is 0 Å². The standard InChI is InChI=1S/C10H12N2O/c1-2-8-4-6-3-7(11)5-9(12)10(6)13-8/h3-5H,2,11-12H2,1H3. The van der Waals surface area contributed by atoms with E-state index >= 15 is 0 Å². The van der Waals surface area contributed by atoms with E-state index in [-0.39, 0.29) is 0 Å². The summed E-state index contributed by atoms with van der Waals surface area (Å²) >= 11 is 0. The summed E-state index contributed by atoms with van der Waals surface area (Å²) in [5.74, 6) is 0.937. The van der Waals surface area contributed by atoms with Crippen LogP contribution in [0.1, 0.15) is 12.7 Å². The third kappa shape index (κ3) is 1.22. The quantitative estimate of drug-likeness (QED) is 0.654. The minimum Gasteiger partial charge on any atom is -0.459 e. The molecule has 0 amide bonds. The molecule has 0 aliphatic rings. The zero-order valence-corrected chi connectivity index (χ0v) is 7.50. The maximum absolute atomic E-state index is 5.75. The molecule has 3 nitrogen and oxygen atoms in total. The molecule has 0 unspecified atom stereocenters. The van der Waals surface area contributed by atoms with Crippen molar-refractivity contribution < 1.29 is 4.42 Å². The van der Waals surface area contributed by atoms with Crippen LogP contribution in [0.25, 0.3) is 11.0 Å². The van der Waals surface area contributed by atoms with Crippen LogP contribution in [-0.4, -0.2) is 0 Å². The van der Waals surface area contributed by atoms with Crippen molar-refractivity contribution in [3.8, 4) is 0 Å². The van der Waals surface area contributed by atoms with Gasteiger partial charge in [-0.25, -0.2) is 0 Å². The Bertz CT molecular complexity index is 445. The Labute approximate surface area is 76.3 Å². The van der Waals surface area contributed by atoms with Crippen LogP contribution in [0.2, 0.25) is 0 Å². The Morgan fingerprint density at radius 2 is 2.00 bits per heavy atom. The zero-order valence-electron chi connectivity index (χ0n) is 7.50. The van der Waals surface area contributed by atoms with Crippen molar-refractivity contribution in [2.75, 3.05) is 11.5 Å². The molecule has 1 aromatic heterocycles. The van der Waals surface area contributed by atoms with E-state index in [0.29, 0.717) is 11.4 Å². The first-order valence-electron chi connectivity index (χ1n) is 4.28. The topological polar surface area (TPSA) is 65.2 Å². The molecule has 0 aliphatic heterocycles. The maximum Gasteiger partial charge on any atom is 0.157 e. The fourth-order valence-corrected chi connectivity index (χ4v) is 1.43. The molecule has 4 N–H and O–H groups in total. The Balaban J connectivity index is 2.75. The van der Waals surface area contributed by atoms with E-state index in [1.54, 1.807) is 6.07 Å². The second-order valence-corrected chi connectivity index (χ2v) is 3.09. The van der Waals surface area contributed by atoms with Crippen molar-refractivity contribution in [2.24, 2.45) is 0 Å². The third-order valence-electron chi connectivity index (χ3n) is 2.07. The molecule has 2 aromatic rings. The summed E-state index contributed by atoms with van der Waals surface area (Å²) in [5, 5.41) is 0.981. The van der Waals surface area contributed by atoms with Crippen LogP contribution in [0.5, 0.6) is 0 Å². The van der Waals surface area contributed by atoms with Gasteiger partial charge in [0.25, 0.3) is 0 Å². The molecular formula is C10H12N2O. The highest BCUT2D eigenvalue weighted by Crippen LogP contribution is 2.27. The lowest BCUT2D eigenvalue weighted by Gasteiger charge is -1.96. The van der Waals surface area contributed by atoms with Crippen molar-refractivity contribution in [2.45, 2.75) is 13.3 Å². The fraction of sp³-hybridized carbons (Fsp3) is 0.200. The lowest BCUT2D eigenvalue weighted by molar-refractivity contribution is 0.558. The van der Waals surface area contributed by atoms with E-state index in [1.807, 2.05) is 19.1 Å². The van der Waals surface area contributed by atoms with Crippen molar-refractivity contribution in [1.29, 1.82) is 0 Å². The summed E-state index contributed by atoms with van der Waals surface area (Å²) in [6.07, 6.45) is 0.869. The summed E-state index contributed by atoms with van der Waals surface area (Å²) < 4.78 is 5.52. The molecule has 68 valence electrons. The average molecular weight is 176 g/mol. The number of hydrogen-bond donors (Lipinski definition) is 2. The molecule has 0 aliphatic carbocycles. The summed E-state index contributed by atoms with van der Waals surface area (Å²) in [5.41, 5.74) is 13.4. The van der Waals surface area contributed by atoms with Gasteiger partial charge in [0.1, 0.15) is 5.76 Å². The molecule has 0 radical (unpaired) electrons. The van der Waals surface area contributed by atoms with E-state index < -0.39 is 0 Å². The van der Waals surface area contributed by atoms with Crippen LogP contribution >= 0.6 is 0 Å². The van der Waals surface area contributed by atoms with Gasteiger partial charge in [-0.15, -0.1) is 0 Å². The number of nitrogen functional groups attached to an aromatic ring is 2. The predicted molar refractivity (Wildman–Crippen MR) is 54.4 cm³/mol. The van der Waals surface area contributed by atoms with Crippen molar-refractivity contribution in [3.05, 3.63) is 24.0 Å². The molecule has 2 rings (SSSR count). The maximum atomic E-state index is 5.75. The molecular weight excluding hydrogens is 164 g/mol. The lowest BCUT2D eigenvalue weighted by atomic mass is 10.2. The first-order valence-corrected chi connectivity index (χ1v) is 4.28. The highest BCUT2D eigenvalue weighted by molar-refractivity contribution is 5.91. The molecule has 0 fully saturated rings. The van der Waals surface area contributed by atoms with Gasteiger partial charge in [-0.3, -0.25) is 0 Å². The number of rotatable bonds is 1. The third-order valence-corrected chi connectivity index (χ3v) is 2.07. The van der Waals surface area contributed by atoms with Crippen LogP contribution in [0, 0.1) is 0 Å². The Kier molecular flexibility index (Phi) is 1.65. The van der Waals surface area contributed by atoms with Gasteiger partial charge in [-0.05, 0) is 18.2 Å². The Morgan fingerprint density at radius 3 is 2.69 bits per heavy atom. The number of nitrogens with two attached hydrogens (primary N) is 2. The van der Waals surface area contributed by atoms with E-state index in [1.165, 1.54) is 0 Å². The van der Waals surface area contributed by atoms with Gasteiger partial charge in [-0.2, -0.15) is 0 Å². The van der Waals surface area contributed by atoms with Gasteiger partial charge in [-0.1, -0.05) is 6.92 Å². The van der Waals surface area contributed by atoms with Crippen LogP contribution < -0.4 is 11.5 Å². The number of hydrogen-bond acceptors (Lipinski definition) is 3. The molecule has 0 bridgehead atoms. The van der Waals surface area contributed by atoms with E-state index in [0.717, 1.165) is 23.2 Å². The Hall–Kier alpha value is -1.64. The van der Waals surface area contributed by atoms with Crippen molar-refractivity contribution in [3.63, 3.8) is 0 Å². The first-order chi connectivity index (χ1) is 6.20. The molecule has 0 saturated carbocycles. The number of furan rings is 1. The van der Waals surface area contributed by atoms with Crippen LogP contribution in [0.15, 0.2) is 22.6 Å². The van der Waals surface area contributed by atoms with Gasteiger partial charge < -0.3 is 15.9 Å². The zero-order chi connectivity index (χ0) is 9.42. The minimum absolute atomic E-state index is 0.606. The number of fused-ring (bicyclic) bond motifs is 1. The van der Waals surface area contributed by atoms with Gasteiger partial charge in [0.05, 0.1) is 5.69 Å². The normalized spacial score (nSPS) is 10.8. The van der Waals surface area contributed by atoms with Crippen LogP contribution in [0.3, 0.4) is 0 Å². The lowest BCUT2D eigenvalue weighted by Crippen LogP contribution is -1.89. The predicted octanol–water partition coefficient (Wildman–Crippen LogP) is 2.16. The van der Waals surface area contributed by atoms with Crippen molar-refractivity contribution in [1.82, 2.24) is 0 Å². The Morgan fingerprint density at radius 1 is 1.23 bits per heavy atom. The smallest absolute Gasteiger partial charge is 0.157 e. The van der Waals surface area contributed by atoms with Crippen LogP contribution in [0.4, 0.5) is 11.4 Å². The summed E-state index contributed by atoms with van der Waals surface area (Å²) in [6, 6.07) is 5.56. The summed E-state index contributed by atoms with van der Waals surface area (Å²) in [6.45, 7) is 2.04. The number of benzene rings is 1. The molecule has 0 saturated heterocycles. The van der Waals surface area contributed by atoms with E-state index in [9.17, 15) is 0 Å². The van der Waals surface area contributed by atoms with E-state index in [4.69, 9.17) is 15.9 Å². The van der Waals surface area contributed by atoms with E-state index in [2.05, 4.69) is 0 Å². The SMILES string of the molecule is CCc1cc2cc(N)cc(N)c2o1. The second kappa shape index (κ2) is 2.69. The molecule has 1 aromatic carbocycles. The second-order valence-electron chi connectivity index (χ2n) is 3.09. The molecule has 0 spiro atoms. The first kappa shape index (κ1) is 7.98.